The zero-order valence-corrected chi connectivity index (χ0v) is 14.9. The summed E-state index contributed by atoms with van der Waals surface area (Å²) in [5.41, 5.74) is 4.24. The van der Waals surface area contributed by atoms with Crippen molar-refractivity contribution in [3.05, 3.63) is 46.9 Å². The minimum atomic E-state index is -0.00382. The second-order valence-electron chi connectivity index (χ2n) is 7.20. The van der Waals surface area contributed by atoms with Crippen molar-refractivity contribution in [2.75, 3.05) is 11.4 Å². The number of nitrogens with zero attached hydrogens (tertiary/aromatic N) is 5. The summed E-state index contributed by atoms with van der Waals surface area (Å²) in [6.45, 7) is 8.16. The maximum Gasteiger partial charge on any atom is 0.172 e. The number of aromatic nitrogens is 4. The summed E-state index contributed by atoms with van der Waals surface area (Å²) in [5.74, 6) is 0.754. The van der Waals surface area contributed by atoms with Crippen LogP contribution in [0.3, 0.4) is 0 Å². The highest BCUT2D eigenvalue weighted by Gasteiger charge is 2.27. The van der Waals surface area contributed by atoms with Crippen LogP contribution in [-0.4, -0.2) is 26.3 Å². The highest BCUT2D eigenvalue weighted by Crippen LogP contribution is 2.30. The Balaban J connectivity index is 1.70. The average Bonchev–Trinajstić information content (AvgIpc) is 2.97. The van der Waals surface area contributed by atoms with Crippen LogP contribution in [-0.2, 0) is 18.5 Å². The van der Waals surface area contributed by atoms with Gasteiger partial charge in [0, 0.05) is 30.8 Å². The second kappa shape index (κ2) is 5.45. The summed E-state index contributed by atoms with van der Waals surface area (Å²) in [4.78, 5) is 11.4. The molecule has 24 heavy (non-hydrogen) atoms. The van der Waals surface area contributed by atoms with E-state index in [9.17, 15) is 0 Å². The number of halogens is 1. The molecule has 5 nitrogen and oxygen atoms in total. The summed E-state index contributed by atoms with van der Waals surface area (Å²) < 4.78 is 2.13. The van der Waals surface area contributed by atoms with Gasteiger partial charge in [0.1, 0.15) is 0 Å². The molecular weight excluding hydrogens is 322 g/mol. The Morgan fingerprint density at radius 1 is 1.08 bits per heavy atom. The van der Waals surface area contributed by atoms with Crippen molar-refractivity contribution in [2.45, 2.75) is 39.3 Å². The van der Waals surface area contributed by atoms with E-state index in [1.165, 1.54) is 11.3 Å². The van der Waals surface area contributed by atoms with Crippen LogP contribution in [0.2, 0.25) is 5.15 Å². The summed E-state index contributed by atoms with van der Waals surface area (Å²) in [6, 6.07) is 7.81. The van der Waals surface area contributed by atoms with E-state index in [0.717, 1.165) is 36.4 Å². The van der Waals surface area contributed by atoms with Crippen LogP contribution in [0, 0.1) is 0 Å². The molecule has 0 amide bonds. The number of hydrogen-bond acceptors (Lipinski definition) is 4. The lowest BCUT2D eigenvalue weighted by Crippen LogP contribution is -2.34. The van der Waals surface area contributed by atoms with Gasteiger partial charge in [0.2, 0.25) is 0 Å². The van der Waals surface area contributed by atoms with Crippen molar-refractivity contribution in [3.8, 4) is 0 Å². The number of rotatable bonds is 1. The number of hydrogen-bond donors (Lipinski definition) is 0. The first-order chi connectivity index (χ1) is 11.4. The fraction of sp³-hybridized carbons (Fsp3) is 0.389. The molecular formula is C18H20ClN5. The first-order valence-electron chi connectivity index (χ1n) is 8.17. The lowest BCUT2D eigenvalue weighted by Gasteiger charge is -2.31. The average molecular weight is 342 g/mol. The molecule has 0 N–H and O–H groups in total. The molecule has 1 aliphatic heterocycles. The van der Waals surface area contributed by atoms with Crippen molar-refractivity contribution in [1.82, 2.24) is 19.7 Å². The molecule has 3 aromatic rings. The summed E-state index contributed by atoms with van der Waals surface area (Å²) in [6.07, 6.45) is 2.90. The number of benzene rings is 1. The predicted molar refractivity (Wildman–Crippen MR) is 96.5 cm³/mol. The SMILES string of the molecule is CC(C)(C)n1ncc2c1CCN(c1nc3ccccc3nc1Cl)C2. The van der Waals surface area contributed by atoms with Crippen LogP contribution in [0.1, 0.15) is 32.0 Å². The smallest absolute Gasteiger partial charge is 0.172 e. The second-order valence-corrected chi connectivity index (χ2v) is 7.56. The highest BCUT2D eigenvalue weighted by atomic mass is 35.5. The molecule has 0 saturated heterocycles. The Morgan fingerprint density at radius 3 is 2.50 bits per heavy atom. The Morgan fingerprint density at radius 2 is 1.79 bits per heavy atom. The normalized spacial score (nSPS) is 14.9. The molecule has 6 heteroatoms. The van der Waals surface area contributed by atoms with Gasteiger partial charge in [-0.25, -0.2) is 9.97 Å². The molecule has 0 atom stereocenters. The van der Waals surface area contributed by atoms with Crippen molar-refractivity contribution >= 4 is 28.5 Å². The monoisotopic (exact) mass is 341 g/mol. The van der Waals surface area contributed by atoms with Crippen molar-refractivity contribution in [2.24, 2.45) is 0 Å². The van der Waals surface area contributed by atoms with Crippen LogP contribution in [0.4, 0.5) is 5.82 Å². The molecule has 0 unspecified atom stereocenters. The van der Waals surface area contributed by atoms with E-state index in [0.29, 0.717) is 5.15 Å². The van der Waals surface area contributed by atoms with Crippen molar-refractivity contribution < 1.29 is 0 Å². The Kier molecular flexibility index (Phi) is 3.49. The van der Waals surface area contributed by atoms with Gasteiger partial charge in [-0.1, -0.05) is 23.7 Å². The van der Waals surface area contributed by atoms with E-state index in [4.69, 9.17) is 16.6 Å². The van der Waals surface area contributed by atoms with Crippen molar-refractivity contribution in [3.63, 3.8) is 0 Å². The summed E-state index contributed by atoms with van der Waals surface area (Å²) in [5, 5.41) is 5.05. The third-order valence-corrected chi connectivity index (χ3v) is 4.63. The molecule has 2 aromatic heterocycles. The molecule has 3 heterocycles. The van der Waals surface area contributed by atoms with Crippen LogP contribution in [0.15, 0.2) is 30.5 Å². The molecule has 1 aliphatic rings. The Hall–Kier alpha value is -2.14. The fourth-order valence-electron chi connectivity index (χ4n) is 3.26. The molecule has 1 aromatic carbocycles. The lowest BCUT2D eigenvalue weighted by molar-refractivity contribution is 0.341. The van der Waals surface area contributed by atoms with Gasteiger partial charge in [-0.15, -0.1) is 0 Å². The predicted octanol–water partition coefficient (Wildman–Crippen LogP) is 3.80. The van der Waals surface area contributed by atoms with Crippen LogP contribution in [0.25, 0.3) is 11.0 Å². The third-order valence-electron chi connectivity index (χ3n) is 4.38. The molecule has 4 rings (SSSR count). The molecule has 0 aliphatic carbocycles. The maximum atomic E-state index is 6.41. The molecule has 0 radical (unpaired) electrons. The molecule has 0 bridgehead atoms. The largest absolute Gasteiger partial charge is 0.349 e. The van der Waals surface area contributed by atoms with Crippen LogP contribution >= 0.6 is 11.6 Å². The number of fused-ring (bicyclic) bond motifs is 2. The Bertz CT molecular complexity index is 909. The summed E-state index contributed by atoms with van der Waals surface area (Å²) >= 11 is 6.41. The van der Waals surface area contributed by atoms with Gasteiger partial charge in [0.25, 0.3) is 0 Å². The maximum absolute atomic E-state index is 6.41. The van der Waals surface area contributed by atoms with E-state index in [1.807, 2.05) is 30.5 Å². The topological polar surface area (TPSA) is 46.8 Å². The first-order valence-corrected chi connectivity index (χ1v) is 8.55. The highest BCUT2D eigenvalue weighted by molar-refractivity contribution is 6.32. The van der Waals surface area contributed by atoms with E-state index in [-0.39, 0.29) is 5.54 Å². The molecule has 124 valence electrons. The van der Waals surface area contributed by atoms with Gasteiger partial charge in [0.05, 0.1) is 22.8 Å². The van der Waals surface area contributed by atoms with Gasteiger partial charge < -0.3 is 4.90 Å². The van der Waals surface area contributed by atoms with Crippen molar-refractivity contribution in [1.29, 1.82) is 0 Å². The van der Waals surface area contributed by atoms with E-state index < -0.39 is 0 Å². The first kappa shape index (κ1) is 15.4. The van der Waals surface area contributed by atoms with Crippen LogP contribution < -0.4 is 4.90 Å². The van der Waals surface area contributed by atoms with Gasteiger partial charge in [-0.3, -0.25) is 4.68 Å². The number of para-hydroxylation sites is 2. The van der Waals surface area contributed by atoms with Crippen LogP contribution in [0.5, 0.6) is 0 Å². The third kappa shape index (κ3) is 2.53. The molecule has 0 saturated carbocycles. The number of anilines is 1. The minimum absolute atomic E-state index is 0.00382. The van der Waals surface area contributed by atoms with Gasteiger partial charge in [0.15, 0.2) is 11.0 Å². The van der Waals surface area contributed by atoms with E-state index in [1.54, 1.807) is 0 Å². The quantitative estimate of drug-likeness (QED) is 0.675. The van der Waals surface area contributed by atoms with E-state index in [2.05, 4.69) is 40.4 Å². The Labute approximate surface area is 146 Å². The minimum Gasteiger partial charge on any atom is -0.349 e. The molecule has 0 fully saturated rings. The lowest BCUT2D eigenvalue weighted by atomic mass is 10.0. The van der Waals surface area contributed by atoms with Gasteiger partial charge >= 0.3 is 0 Å². The van der Waals surface area contributed by atoms with Gasteiger partial charge in [-0.2, -0.15) is 5.10 Å². The zero-order chi connectivity index (χ0) is 16.9. The standard InChI is InChI=1S/C18H20ClN5/c1-18(2,3)24-15-8-9-23(11-12(15)10-20-24)17-16(19)21-13-6-4-5-7-14(13)22-17/h4-7,10H,8-9,11H2,1-3H3. The van der Waals surface area contributed by atoms with E-state index >= 15 is 0 Å². The summed E-state index contributed by atoms with van der Waals surface area (Å²) in [7, 11) is 0. The fourth-order valence-corrected chi connectivity index (χ4v) is 3.51. The van der Waals surface area contributed by atoms with Gasteiger partial charge in [-0.05, 0) is 32.9 Å². The molecule has 0 spiro atoms. The zero-order valence-electron chi connectivity index (χ0n) is 14.1.